The lowest BCUT2D eigenvalue weighted by Crippen LogP contribution is -2.43. The van der Waals surface area contributed by atoms with Crippen molar-refractivity contribution in [3.8, 4) is 0 Å². The van der Waals surface area contributed by atoms with E-state index in [2.05, 4.69) is 0 Å². The van der Waals surface area contributed by atoms with E-state index in [1.807, 2.05) is 0 Å². The average Bonchev–Trinajstić information content (AvgIpc) is 2.64. The summed E-state index contributed by atoms with van der Waals surface area (Å²) < 4.78 is 20.7. The van der Waals surface area contributed by atoms with E-state index in [1.54, 1.807) is 0 Å². The topological polar surface area (TPSA) is 209 Å². The molecule has 0 aromatic rings. The Hall–Kier alpha value is -3.96. The van der Waals surface area contributed by atoms with Crippen molar-refractivity contribution in [2.45, 2.75) is 27.7 Å². The molecule has 0 aromatic carbocycles. The van der Waals surface area contributed by atoms with E-state index in [0.717, 1.165) is 24.3 Å². The Morgan fingerprint density at radius 3 is 0.848 bits per heavy atom. The summed E-state index contributed by atoms with van der Waals surface area (Å²) >= 11 is 0. The van der Waals surface area contributed by atoms with Gasteiger partial charge in [0, 0.05) is 47.1 Å². The first-order valence-electron chi connectivity index (χ1n) is 9.67. The Morgan fingerprint density at radius 2 is 0.697 bits per heavy atom. The fraction of sp³-hybridized carbons (Fsp3) is 0.429. The van der Waals surface area contributed by atoms with Crippen molar-refractivity contribution in [1.82, 2.24) is 0 Å². The van der Waals surface area contributed by atoms with Crippen molar-refractivity contribution >= 4 is 23.9 Å². The van der Waals surface area contributed by atoms with E-state index in [4.69, 9.17) is 41.9 Å². The summed E-state index contributed by atoms with van der Waals surface area (Å²) in [7, 11) is 0. The molecule has 0 aliphatic rings. The second-order valence-electron chi connectivity index (χ2n) is 7.48. The highest BCUT2D eigenvalue weighted by Crippen LogP contribution is 2.22. The first-order valence-corrected chi connectivity index (χ1v) is 9.67. The summed E-state index contributed by atoms with van der Waals surface area (Å²) in [5, 5.41) is 0. The van der Waals surface area contributed by atoms with Crippen molar-refractivity contribution in [2.24, 2.45) is 28.3 Å². The van der Waals surface area contributed by atoms with E-state index in [1.165, 1.54) is 27.7 Å². The highest BCUT2D eigenvalue weighted by Gasteiger charge is 2.37. The predicted octanol–water partition coefficient (Wildman–Crippen LogP) is -0.404. The lowest BCUT2D eigenvalue weighted by atomic mass is 9.92. The molecule has 184 valence electrons. The molecule has 0 saturated carbocycles. The molecule has 0 aromatic heterocycles. The van der Waals surface area contributed by atoms with Crippen LogP contribution in [0.1, 0.15) is 27.7 Å². The van der Waals surface area contributed by atoms with Gasteiger partial charge in [-0.2, -0.15) is 0 Å². The van der Waals surface area contributed by atoms with Crippen LogP contribution in [0.5, 0.6) is 0 Å². The van der Waals surface area contributed by atoms with Gasteiger partial charge in [0.05, 0.1) is 0 Å². The van der Waals surface area contributed by atoms with Crippen molar-refractivity contribution in [2.75, 3.05) is 26.4 Å². The Bertz CT molecular complexity index is 701. The van der Waals surface area contributed by atoms with E-state index >= 15 is 0 Å². The zero-order valence-electron chi connectivity index (χ0n) is 19.2. The molecule has 0 bridgehead atoms. The number of rotatable bonds is 12. The summed E-state index contributed by atoms with van der Waals surface area (Å²) in [6.45, 7) is 4.04. The maximum atomic E-state index is 12.0. The molecule has 0 aliphatic heterocycles. The third-order valence-corrected chi connectivity index (χ3v) is 3.46. The molecule has 0 heterocycles. The summed E-state index contributed by atoms with van der Waals surface area (Å²) in [4.78, 5) is 47.9. The van der Waals surface area contributed by atoms with Gasteiger partial charge >= 0.3 is 23.9 Å². The first kappa shape index (κ1) is 29.0. The molecule has 0 unspecified atom stereocenters. The smallest absolute Gasteiger partial charge is 0.332 e. The van der Waals surface area contributed by atoms with E-state index < -0.39 is 55.7 Å². The summed E-state index contributed by atoms with van der Waals surface area (Å²) in [5.74, 6) is -3.24. The van der Waals surface area contributed by atoms with Crippen LogP contribution in [0.15, 0.2) is 47.1 Å². The van der Waals surface area contributed by atoms with Crippen LogP contribution < -0.4 is 22.9 Å². The molecule has 0 fully saturated rings. The number of nitrogens with two attached hydrogens (primary N) is 4. The van der Waals surface area contributed by atoms with Gasteiger partial charge in [-0.15, -0.1) is 0 Å². The summed E-state index contributed by atoms with van der Waals surface area (Å²) in [6.07, 6.45) is 4.10. The van der Waals surface area contributed by atoms with E-state index in [0.29, 0.717) is 0 Å². The minimum atomic E-state index is -1.48. The van der Waals surface area contributed by atoms with Crippen molar-refractivity contribution in [1.29, 1.82) is 0 Å². The highest BCUT2D eigenvalue weighted by atomic mass is 16.6. The number of hydrogen-bond donors (Lipinski definition) is 4. The van der Waals surface area contributed by atoms with Gasteiger partial charge in [-0.1, -0.05) is 0 Å². The van der Waals surface area contributed by atoms with Crippen LogP contribution in [0, 0.1) is 5.41 Å². The highest BCUT2D eigenvalue weighted by molar-refractivity contribution is 5.84. The zero-order chi connectivity index (χ0) is 25.6. The third-order valence-electron chi connectivity index (χ3n) is 3.46. The second-order valence-corrected chi connectivity index (χ2v) is 7.48. The van der Waals surface area contributed by atoms with Gasteiger partial charge in [-0.05, 0) is 27.7 Å². The Morgan fingerprint density at radius 1 is 0.515 bits per heavy atom. The van der Waals surface area contributed by atoms with Crippen LogP contribution in [0.3, 0.4) is 0 Å². The van der Waals surface area contributed by atoms with Crippen molar-refractivity contribution in [3.05, 3.63) is 47.1 Å². The number of carbonyl (C=O) groups is 4. The van der Waals surface area contributed by atoms with Gasteiger partial charge < -0.3 is 41.9 Å². The van der Waals surface area contributed by atoms with Crippen LogP contribution >= 0.6 is 0 Å². The SMILES string of the molecule is C/C(N)=C/C(=O)OCC(COC(=O)/C=C(/C)N)(COC(=O)/C=C(/C)N)COC(=O)/C=C(/C)N. The quantitative estimate of drug-likeness (QED) is 0.164. The number of carbonyl (C=O) groups excluding carboxylic acids is 4. The largest absolute Gasteiger partial charge is 0.461 e. The molecule has 12 nitrogen and oxygen atoms in total. The zero-order valence-corrected chi connectivity index (χ0v) is 19.2. The monoisotopic (exact) mass is 468 g/mol. The molecule has 0 aliphatic carbocycles. The summed E-state index contributed by atoms with van der Waals surface area (Å²) in [5.41, 5.74) is 21.1. The fourth-order valence-electron chi connectivity index (χ4n) is 2.06. The van der Waals surface area contributed by atoms with Gasteiger partial charge in [0.2, 0.25) is 0 Å². The maximum Gasteiger partial charge on any atom is 0.332 e. The minimum Gasteiger partial charge on any atom is -0.461 e. The molecular weight excluding hydrogens is 436 g/mol. The number of esters is 4. The third kappa shape index (κ3) is 14.6. The van der Waals surface area contributed by atoms with Crippen LogP contribution in [-0.4, -0.2) is 50.3 Å². The van der Waals surface area contributed by atoms with Gasteiger partial charge in [-0.25, -0.2) is 19.2 Å². The minimum absolute atomic E-state index is 0.186. The number of allylic oxidation sites excluding steroid dienone is 4. The molecule has 0 amide bonds. The fourth-order valence-corrected chi connectivity index (χ4v) is 2.06. The molecule has 0 rings (SSSR count). The van der Waals surface area contributed by atoms with Crippen molar-refractivity contribution in [3.63, 3.8) is 0 Å². The van der Waals surface area contributed by atoms with E-state index in [9.17, 15) is 19.2 Å². The predicted molar refractivity (Wildman–Crippen MR) is 118 cm³/mol. The van der Waals surface area contributed by atoms with Gasteiger partial charge in [0.1, 0.15) is 31.8 Å². The maximum absolute atomic E-state index is 12.0. The molecule has 33 heavy (non-hydrogen) atoms. The number of hydrogen-bond acceptors (Lipinski definition) is 12. The lowest BCUT2D eigenvalue weighted by Gasteiger charge is -2.31. The van der Waals surface area contributed by atoms with Crippen LogP contribution in [0.2, 0.25) is 0 Å². The average molecular weight is 469 g/mol. The van der Waals surface area contributed by atoms with Gasteiger partial charge in [-0.3, -0.25) is 0 Å². The molecule has 0 atom stereocenters. The van der Waals surface area contributed by atoms with Crippen molar-refractivity contribution < 1.29 is 38.1 Å². The molecule has 8 N–H and O–H groups in total. The van der Waals surface area contributed by atoms with E-state index in [-0.39, 0.29) is 22.8 Å². The number of ether oxygens (including phenoxy) is 4. The van der Waals surface area contributed by atoms with Gasteiger partial charge in [0.25, 0.3) is 0 Å². The van der Waals surface area contributed by atoms with Gasteiger partial charge in [0.15, 0.2) is 0 Å². The molecule has 12 heteroatoms. The van der Waals surface area contributed by atoms with Crippen LogP contribution in [0.25, 0.3) is 0 Å². The second kappa shape index (κ2) is 14.2. The van der Waals surface area contributed by atoms with Crippen LogP contribution in [0.4, 0.5) is 0 Å². The summed E-state index contributed by atoms with van der Waals surface area (Å²) in [6, 6.07) is 0. The van der Waals surface area contributed by atoms with Crippen LogP contribution in [-0.2, 0) is 38.1 Å². The molecule has 0 spiro atoms. The molecule has 0 saturated heterocycles. The first-order chi connectivity index (χ1) is 15.2. The standard InChI is InChI=1S/C21H32N4O8/c1-13(22)5-17(26)30-9-21(10-31-18(27)6-14(2)23,11-32-19(28)7-15(3)24)12-33-20(29)8-16(4)25/h5-8H,9-12,22-25H2,1-4H3/b13-5-,14-6-,15-7-,16-8-. The normalized spacial score (nSPS) is 13.2. The Labute approximate surface area is 192 Å². The molecule has 0 radical (unpaired) electrons. The Balaban J connectivity index is 5.88. The lowest BCUT2D eigenvalue weighted by molar-refractivity contribution is -0.164. The molecular formula is C21H32N4O8. The Kier molecular flexibility index (Phi) is 12.5.